The Morgan fingerprint density at radius 1 is 1.05 bits per heavy atom. The van der Waals surface area contributed by atoms with E-state index in [0.29, 0.717) is 44.0 Å². The van der Waals surface area contributed by atoms with Crippen molar-refractivity contribution in [3.05, 3.63) is 59.7 Å². The molecule has 2 aromatic carbocycles. The van der Waals surface area contributed by atoms with Crippen molar-refractivity contribution in [2.45, 2.75) is 90.8 Å². The summed E-state index contributed by atoms with van der Waals surface area (Å²) in [6.07, 6.45) is 5.53. The Labute approximate surface area is 234 Å². The molecule has 4 N–H and O–H groups in total. The van der Waals surface area contributed by atoms with Gasteiger partial charge in [-0.2, -0.15) is 0 Å². The number of anilines is 2. The number of aliphatic hydroxyl groups excluding tert-OH is 1. The molecule has 3 atom stereocenters. The van der Waals surface area contributed by atoms with Gasteiger partial charge in [0.2, 0.25) is 5.91 Å². The van der Waals surface area contributed by atoms with Crippen molar-refractivity contribution in [3.63, 3.8) is 0 Å². The summed E-state index contributed by atoms with van der Waals surface area (Å²) in [6.45, 7) is 10.4. The van der Waals surface area contributed by atoms with Crippen LogP contribution < -0.4 is 20.9 Å². The molecule has 39 heavy (non-hydrogen) atoms. The quantitative estimate of drug-likeness (QED) is 0.253. The van der Waals surface area contributed by atoms with Gasteiger partial charge in [-0.15, -0.1) is 0 Å². The number of nitrogens with zero attached hydrogens (tertiary/aromatic N) is 1. The topological polar surface area (TPSA) is 93.7 Å². The molecule has 1 unspecified atom stereocenters. The Kier molecular flexibility index (Phi) is 12.3. The minimum atomic E-state index is -0.762. The summed E-state index contributed by atoms with van der Waals surface area (Å²) in [5, 5.41) is 21.1. The highest BCUT2D eigenvalue weighted by Crippen LogP contribution is 2.26. The van der Waals surface area contributed by atoms with Crippen LogP contribution in [0.15, 0.2) is 48.5 Å². The lowest BCUT2D eigenvalue weighted by Crippen LogP contribution is -2.49. The average Bonchev–Trinajstić information content (AvgIpc) is 2.92. The first kappa shape index (κ1) is 30.6. The minimum absolute atomic E-state index is 0.0900. The molecule has 0 spiro atoms. The molecule has 1 heterocycles. The standard InChI is InChI=1S/C32H48N4O3/c1-5-33-27-19-26(20-28(21-27)36-17-10-9-16-31(36)38)32(39)35-29(18-25-14-7-6-8-15-25)30(37)22-34-24(4)13-11-12-23(2)3/h6-8,14-15,19-21,23-24,29-30,33-34,37H,5,9-13,16-18,22H2,1-4H3,(H,35,39)/t24?,29-,30-/m0/s1. The van der Waals surface area contributed by atoms with E-state index in [2.05, 4.69) is 36.7 Å². The van der Waals surface area contributed by atoms with E-state index >= 15 is 0 Å². The van der Waals surface area contributed by atoms with Crippen molar-refractivity contribution in [2.24, 2.45) is 5.92 Å². The number of hydrogen-bond donors (Lipinski definition) is 4. The van der Waals surface area contributed by atoms with E-state index in [9.17, 15) is 14.7 Å². The number of piperidine rings is 1. The third kappa shape index (κ3) is 9.97. The summed E-state index contributed by atoms with van der Waals surface area (Å²) in [4.78, 5) is 28.0. The fraction of sp³-hybridized carbons (Fsp3) is 0.562. The Balaban J connectivity index is 1.75. The van der Waals surface area contributed by atoms with Gasteiger partial charge >= 0.3 is 0 Å². The molecule has 0 aromatic heterocycles. The first-order chi connectivity index (χ1) is 18.8. The van der Waals surface area contributed by atoms with Gasteiger partial charge in [0.05, 0.1) is 12.1 Å². The van der Waals surface area contributed by atoms with Gasteiger partial charge in [-0.1, -0.05) is 57.0 Å². The lowest BCUT2D eigenvalue weighted by Gasteiger charge is -2.28. The fourth-order valence-corrected chi connectivity index (χ4v) is 5.08. The molecule has 2 aromatic rings. The fourth-order valence-electron chi connectivity index (χ4n) is 5.08. The zero-order valence-corrected chi connectivity index (χ0v) is 24.2. The molecule has 0 bridgehead atoms. The van der Waals surface area contributed by atoms with E-state index in [0.717, 1.165) is 42.6 Å². The van der Waals surface area contributed by atoms with E-state index in [-0.39, 0.29) is 17.9 Å². The van der Waals surface area contributed by atoms with E-state index in [1.807, 2.05) is 49.4 Å². The molecule has 1 aliphatic heterocycles. The minimum Gasteiger partial charge on any atom is -0.390 e. The second kappa shape index (κ2) is 15.6. The van der Waals surface area contributed by atoms with E-state index in [1.165, 1.54) is 6.42 Å². The monoisotopic (exact) mass is 536 g/mol. The number of carbonyl (C=O) groups is 2. The molecular formula is C32H48N4O3. The van der Waals surface area contributed by atoms with Crippen LogP contribution in [0, 0.1) is 5.92 Å². The molecule has 0 aliphatic carbocycles. The molecule has 214 valence electrons. The smallest absolute Gasteiger partial charge is 0.251 e. The van der Waals surface area contributed by atoms with Crippen LogP contribution in [0.25, 0.3) is 0 Å². The van der Waals surface area contributed by atoms with Gasteiger partial charge in [0.25, 0.3) is 5.91 Å². The molecule has 7 nitrogen and oxygen atoms in total. The number of benzene rings is 2. The summed E-state index contributed by atoms with van der Waals surface area (Å²) in [7, 11) is 0. The second-order valence-corrected chi connectivity index (χ2v) is 11.3. The van der Waals surface area contributed by atoms with Gasteiger partial charge in [-0.25, -0.2) is 0 Å². The van der Waals surface area contributed by atoms with Crippen LogP contribution in [-0.2, 0) is 11.2 Å². The lowest BCUT2D eigenvalue weighted by atomic mass is 9.99. The van der Waals surface area contributed by atoms with Gasteiger partial charge in [0.1, 0.15) is 0 Å². The molecule has 7 heteroatoms. The van der Waals surface area contributed by atoms with E-state index in [4.69, 9.17) is 0 Å². The summed E-state index contributed by atoms with van der Waals surface area (Å²) < 4.78 is 0. The molecular weight excluding hydrogens is 488 g/mol. The van der Waals surface area contributed by atoms with E-state index in [1.54, 1.807) is 11.0 Å². The molecule has 0 radical (unpaired) electrons. The van der Waals surface area contributed by atoms with Crippen molar-refractivity contribution in [1.82, 2.24) is 10.6 Å². The predicted octanol–water partition coefficient (Wildman–Crippen LogP) is 5.14. The number of nitrogens with one attached hydrogen (secondary N) is 3. The van der Waals surface area contributed by atoms with Gasteiger partial charge in [0.15, 0.2) is 0 Å². The summed E-state index contributed by atoms with van der Waals surface area (Å²) >= 11 is 0. The SMILES string of the molecule is CCNc1cc(C(=O)N[C@@H](Cc2ccccc2)[C@@H](O)CNC(C)CCCC(C)C)cc(N2CCCCC2=O)c1. The molecule has 3 rings (SSSR count). The summed E-state index contributed by atoms with van der Waals surface area (Å²) in [6, 6.07) is 15.3. The number of amides is 2. The summed E-state index contributed by atoms with van der Waals surface area (Å²) in [5.74, 6) is 0.519. The molecule has 2 amide bonds. The molecule has 0 saturated carbocycles. The Morgan fingerprint density at radius 2 is 1.82 bits per heavy atom. The normalized spacial score (nSPS) is 16.2. The molecule has 1 saturated heterocycles. The molecule has 1 aliphatic rings. The van der Waals surface area contributed by atoms with Crippen LogP contribution in [0.2, 0.25) is 0 Å². The predicted molar refractivity (Wildman–Crippen MR) is 160 cm³/mol. The Morgan fingerprint density at radius 3 is 2.51 bits per heavy atom. The Hall–Kier alpha value is -2.90. The van der Waals surface area contributed by atoms with Crippen molar-refractivity contribution in [3.8, 4) is 0 Å². The number of hydrogen-bond acceptors (Lipinski definition) is 5. The first-order valence-electron chi connectivity index (χ1n) is 14.7. The van der Waals surface area contributed by atoms with E-state index < -0.39 is 12.1 Å². The van der Waals surface area contributed by atoms with Crippen LogP contribution in [-0.4, -0.2) is 54.7 Å². The third-order valence-corrected chi connectivity index (χ3v) is 7.37. The van der Waals surface area contributed by atoms with Crippen molar-refractivity contribution < 1.29 is 14.7 Å². The zero-order chi connectivity index (χ0) is 28.2. The number of aliphatic hydroxyl groups is 1. The third-order valence-electron chi connectivity index (χ3n) is 7.37. The maximum Gasteiger partial charge on any atom is 0.251 e. The van der Waals surface area contributed by atoms with Crippen molar-refractivity contribution >= 4 is 23.2 Å². The van der Waals surface area contributed by atoms with Gasteiger partial charge in [0, 0.05) is 49.0 Å². The van der Waals surface area contributed by atoms with Crippen LogP contribution >= 0.6 is 0 Å². The van der Waals surface area contributed by atoms with Crippen molar-refractivity contribution in [2.75, 3.05) is 29.9 Å². The van der Waals surface area contributed by atoms with Crippen LogP contribution in [0.1, 0.15) is 82.1 Å². The zero-order valence-electron chi connectivity index (χ0n) is 24.2. The Bertz CT molecular complexity index is 1040. The number of rotatable bonds is 15. The lowest BCUT2D eigenvalue weighted by molar-refractivity contribution is -0.119. The number of carbonyl (C=O) groups excluding carboxylic acids is 2. The summed E-state index contributed by atoms with van der Waals surface area (Å²) in [5.41, 5.74) is 3.06. The second-order valence-electron chi connectivity index (χ2n) is 11.3. The maximum atomic E-state index is 13.6. The van der Waals surface area contributed by atoms with Crippen LogP contribution in [0.5, 0.6) is 0 Å². The van der Waals surface area contributed by atoms with Gasteiger partial charge in [-0.05, 0) is 69.2 Å². The van der Waals surface area contributed by atoms with Gasteiger partial charge < -0.3 is 26.0 Å². The largest absolute Gasteiger partial charge is 0.390 e. The highest BCUT2D eigenvalue weighted by Gasteiger charge is 2.25. The first-order valence-corrected chi connectivity index (χ1v) is 14.7. The van der Waals surface area contributed by atoms with Crippen LogP contribution in [0.3, 0.4) is 0 Å². The highest BCUT2D eigenvalue weighted by atomic mass is 16.3. The van der Waals surface area contributed by atoms with Gasteiger partial charge in [-0.3, -0.25) is 9.59 Å². The van der Waals surface area contributed by atoms with Crippen LogP contribution in [0.4, 0.5) is 11.4 Å². The maximum absolute atomic E-state index is 13.6. The molecule has 1 fully saturated rings. The van der Waals surface area contributed by atoms with Crippen molar-refractivity contribution in [1.29, 1.82) is 0 Å². The average molecular weight is 537 g/mol. The highest BCUT2D eigenvalue weighted by molar-refractivity contribution is 5.99.